The van der Waals surface area contributed by atoms with Crippen LogP contribution in [0.15, 0.2) is 6.33 Å². The number of imidazole rings is 1. The molecule has 2 aromatic heterocycles. The number of nitrogen functional groups attached to an aromatic ring is 1. The predicted octanol–water partition coefficient (Wildman–Crippen LogP) is 1.84. The molecule has 0 aromatic carbocycles. The lowest BCUT2D eigenvalue weighted by molar-refractivity contribution is 0.627. The van der Waals surface area contributed by atoms with Gasteiger partial charge in [-0.05, 0) is 12.8 Å². The third-order valence-electron chi connectivity index (χ3n) is 2.70. The van der Waals surface area contributed by atoms with Crippen molar-refractivity contribution in [3.8, 4) is 0 Å². The Morgan fingerprint density at radius 1 is 1.33 bits per heavy atom. The second-order valence-electron chi connectivity index (χ2n) is 3.58. The molecule has 0 fully saturated rings. The van der Waals surface area contributed by atoms with Crippen LogP contribution in [0, 0.1) is 0 Å². The third-order valence-corrected chi connectivity index (χ3v) is 2.70. The Morgan fingerprint density at radius 3 is 2.73 bits per heavy atom. The van der Waals surface area contributed by atoms with Crippen molar-refractivity contribution in [1.29, 1.82) is 0 Å². The Hall–Kier alpha value is -1.65. The number of rotatable bonds is 3. The van der Waals surface area contributed by atoms with Gasteiger partial charge in [0.05, 0.1) is 12.0 Å². The monoisotopic (exact) mass is 205 g/mol. The van der Waals surface area contributed by atoms with Crippen LogP contribution in [0.1, 0.15) is 38.3 Å². The first-order valence-electron chi connectivity index (χ1n) is 5.22. The largest absolute Gasteiger partial charge is 0.368 e. The number of nitrogens with one attached hydrogen (secondary N) is 1. The molecule has 2 heterocycles. The van der Waals surface area contributed by atoms with Gasteiger partial charge < -0.3 is 10.7 Å². The van der Waals surface area contributed by atoms with Gasteiger partial charge in [0, 0.05) is 5.92 Å². The molecule has 15 heavy (non-hydrogen) atoms. The number of nitrogens with two attached hydrogens (primary N) is 1. The number of aromatic nitrogens is 4. The van der Waals surface area contributed by atoms with Crippen molar-refractivity contribution in [2.75, 3.05) is 5.73 Å². The van der Waals surface area contributed by atoms with E-state index in [1.165, 1.54) is 0 Å². The average Bonchev–Trinajstić information content (AvgIpc) is 2.67. The number of nitrogens with zero attached hydrogens (tertiary/aromatic N) is 3. The minimum atomic E-state index is 0.302. The Bertz CT molecular complexity index is 458. The van der Waals surface area contributed by atoms with Crippen molar-refractivity contribution in [2.45, 2.75) is 32.6 Å². The second-order valence-corrected chi connectivity index (χ2v) is 3.58. The van der Waals surface area contributed by atoms with Crippen LogP contribution in [0.25, 0.3) is 11.2 Å². The Balaban J connectivity index is 2.61. The number of hydrogen-bond donors (Lipinski definition) is 2. The van der Waals surface area contributed by atoms with Gasteiger partial charge in [0.1, 0.15) is 5.52 Å². The van der Waals surface area contributed by atoms with E-state index >= 15 is 0 Å². The molecule has 0 aliphatic rings. The van der Waals surface area contributed by atoms with Gasteiger partial charge in [-0.2, -0.15) is 4.98 Å². The standard InChI is InChI=1S/C10H15N5/c1-3-6(4-2)7-8-9(13-5-12-8)15-10(11)14-7/h5-6H,3-4H2,1-2H3,(H3,11,12,13,14,15). The fraction of sp³-hybridized carbons (Fsp3) is 0.500. The third kappa shape index (κ3) is 1.65. The number of H-pyrrole nitrogens is 1. The molecule has 80 valence electrons. The van der Waals surface area contributed by atoms with Gasteiger partial charge >= 0.3 is 0 Å². The Labute approximate surface area is 88.1 Å². The van der Waals surface area contributed by atoms with E-state index in [9.17, 15) is 0 Å². The summed E-state index contributed by atoms with van der Waals surface area (Å²) in [7, 11) is 0. The highest BCUT2D eigenvalue weighted by atomic mass is 15.1. The van der Waals surface area contributed by atoms with E-state index in [1.807, 2.05) is 0 Å². The van der Waals surface area contributed by atoms with Gasteiger partial charge in [-0.3, -0.25) is 0 Å². The molecule has 0 atom stereocenters. The maximum atomic E-state index is 5.65. The average molecular weight is 205 g/mol. The fourth-order valence-corrected chi connectivity index (χ4v) is 1.84. The SMILES string of the molecule is CCC(CC)c1nc(N)nc2nc[nH]c12. The normalized spacial score (nSPS) is 11.4. The van der Waals surface area contributed by atoms with E-state index in [0.29, 0.717) is 17.5 Å². The lowest BCUT2D eigenvalue weighted by Crippen LogP contribution is -2.05. The van der Waals surface area contributed by atoms with Crippen LogP contribution in [0.3, 0.4) is 0 Å². The molecule has 2 rings (SSSR count). The molecule has 0 saturated carbocycles. The number of fused-ring (bicyclic) bond motifs is 1. The van der Waals surface area contributed by atoms with Gasteiger partial charge in [-0.15, -0.1) is 0 Å². The summed E-state index contributed by atoms with van der Waals surface area (Å²) < 4.78 is 0. The van der Waals surface area contributed by atoms with E-state index in [-0.39, 0.29) is 0 Å². The topological polar surface area (TPSA) is 80.5 Å². The molecule has 3 N–H and O–H groups in total. The number of hydrogen-bond acceptors (Lipinski definition) is 4. The molecule has 0 saturated heterocycles. The molecule has 0 aliphatic carbocycles. The zero-order valence-electron chi connectivity index (χ0n) is 8.99. The van der Waals surface area contributed by atoms with Crippen molar-refractivity contribution in [1.82, 2.24) is 19.9 Å². The summed E-state index contributed by atoms with van der Waals surface area (Å²) in [5.74, 6) is 0.717. The summed E-state index contributed by atoms with van der Waals surface area (Å²) in [5, 5.41) is 0. The van der Waals surface area contributed by atoms with Gasteiger partial charge in [0.15, 0.2) is 5.65 Å². The molecule has 0 bridgehead atoms. The summed E-state index contributed by atoms with van der Waals surface area (Å²) >= 11 is 0. The molecule has 0 aliphatic heterocycles. The van der Waals surface area contributed by atoms with E-state index in [0.717, 1.165) is 24.1 Å². The predicted molar refractivity (Wildman–Crippen MR) is 59.4 cm³/mol. The van der Waals surface area contributed by atoms with Crippen LogP contribution in [0.2, 0.25) is 0 Å². The molecular weight excluding hydrogens is 190 g/mol. The molecule has 0 amide bonds. The second kappa shape index (κ2) is 3.84. The maximum Gasteiger partial charge on any atom is 0.222 e. The van der Waals surface area contributed by atoms with Gasteiger partial charge in [0.2, 0.25) is 5.95 Å². The smallest absolute Gasteiger partial charge is 0.222 e. The lowest BCUT2D eigenvalue weighted by atomic mass is 9.98. The maximum absolute atomic E-state index is 5.65. The highest BCUT2D eigenvalue weighted by molar-refractivity contribution is 5.74. The van der Waals surface area contributed by atoms with Gasteiger partial charge in [-0.1, -0.05) is 13.8 Å². The van der Waals surface area contributed by atoms with E-state index in [2.05, 4.69) is 33.8 Å². The molecule has 0 unspecified atom stereocenters. The molecule has 0 radical (unpaired) electrons. The van der Waals surface area contributed by atoms with Crippen LogP contribution >= 0.6 is 0 Å². The Morgan fingerprint density at radius 2 is 2.07 bits per heavy atom. The summed E-state index contributed by atoms with van der Waals surface area (Å²) in [5.41, 5.74) is 8.21. The van der Waals surface area contributed by atoms with Crippen LogP contribution in [0.5, 0.6) is 0 Å². The molecule has 5 nitrogen and oxygen atoms in total. The van der Waals surface area contributed by atoms with E-state index in [1.54, 1.807) is 6.33 Å². The number of aromatic amines is 1. The van der Waals surface area contributed by atoms with Crippen LogP contribution < -0.4 is 5.73 Å². The van der Waals surface area contributed by atoms with Crippen molar-refractivity contribution in [3.05, 3.63) is 12.0 Å². The lowest BCUT2D eigenvalue weighted by Gasteiger charge is -2.12. The van der Waals surface area contributed by atoms with Crippen molar-refractivity contribution >= 4 is 17.1 Å². The first kappa shape index (κ1) is 9.89. The van der Waals surface area contributed by atoms with Crippen LogP contribution in [-0.2, 0) is 0 Å². The highest BCUT2D eigenvalue weighted by Crippen LogP contribution is 2.26. The van der Waals surface area contributed by atoms with Crippen LogP contribution in [-0.4, -0.2) is 19.9 Å². The van der Waals surface area contributed by atoms with Crippen molar-refractivity contribution in [2.24, 2.45) is 0 Å². The first-order chi connectivity index (χ1) is 7.26. The van der Waals surface area contributed by atoms with Crippen molar-refractivity contribution < 1.29 is 0 Å². The summed E-state index contributed by atoms with van der Waals surface area (Å²) in [6.07, 6.45) is 3.72. The van der Waals surface area contributed by atoms with Gasteiger partial charge in [0.25, 0.3) is 0 Å². The molecule has 2 aromatic rings. The number of anilines is 1. The zero-order valence-corrected chi connectivity index (χ0v) is 8.99. The van der Waals surface area contributed by atoms with E-state index in [4.69, 9.17) is 5.73 Å². The van der Waals surface area contributed by atoms with Crippen molar-refractivity contribution in [3.63, 3.8) is 0 Å². The minimum absolute atomic E-state index is 0.302. The quantitative estimate of drug-likeness (QED) is 0.801. The molecule has 0 spiro atoms. The fourth-order valence-electron chi connectivity index (χ4n) is 1.84. The van der Waals surface area contributed by atoms with Crippen LogP contribution in [0.4, 0.5) is 5.95 Å². The summed E-state index contributed by atoms with van der Waals surface area (Å²) in [6.45, 7) is 4.29. The van der Waals surface area contributed by atoms with Gasteiger partial charge in [-0.25, -0.2) is 9.97 Å². The van der Waals surface area contributed by atoms with E-state index < -0.39 is 0 Å². The Kier molecular flexibility index (Phi) is 2.53. The molecule has 5 heteroatoms. The minimum Gasteiger partial charge on any atom is -0.368 e. The first-order valence-corrected chi connectivity index (χ1v) is 5.22. The molecular formula is C10H15N5. The summed E-state index contributed by atoms with van der Waals surface area (Å²) in [4.78, 5) is 15.6. The highest BCUT2D eigenvalue weighted by Gasteiger charge is 2.15. The summed E-state index contributed by atoms with van der Waals surface area (Å²) in [6, 6.07) is 0. The zero-order chi connectivity index (χ0) is 10.8.